The summed E-state index contributed by atoms with van der Waals surface area (Å²) in [6, 6.07) is 18.4. The van der Waals surface area contributed by atoms with Gasteiger partial charge in [-0.05, 0) is 69.0 Å². The van der Waals surface area contributed by atoms with Crippen LogP contribution in [0.15, 0.2) is 48.5 Å². The summed E-state index contributed by atoms with van der Waals surface area (Å²) >= 11 is 0. The van der Waals surface area contributed by atoms with Crippen LogP contribution in [-0.4, -0.2) is 43.2 Å². The molecule has 1 N–H and O–H groups in total. The molecule has 1 saturated heterocycles. The third-order valence-corrected chi connectivity index (χ3v) is 5.75. The fourth-order valence-electron chi connectivity index (χ4n) is 3.98. The third kappa shape index (κ3) is 6.92. The number of hydrogen-bond acceptors (Lipinski definition) is 4. The van der Waals surface area contributed by atoms with E-state index in [4.69, 9.17) is 4.74 Å². The molecule has 5 nitrogen and oxygen atoms in total. The number of carbonyl (C=O) groups is 1. The van der Waals surface area contributed by atoms with Crippen LogP contribution in [0.4, 0.5) is 0 Å². The molecule has 0 bridgehead atoms. The maximum Gasteiger partial charge on any atom is 0.223 e. The first-order chi connectivity index (χ1) is 15.1. The molecule has 164 valence electrons. The fraction of sp³-hybridized carbons (Fsp3) is 0.462. The first-order valence-electron chi connectivity index (χ1n) is 11.3. The predicted molar refractivity (Wildman–Crippen MR) is 123 cm³/mol. The second-order valence-electron chi connectivity index (χ2n) is 8.47. The van der Waals surface area contributed by atoms with E-state index in [-0.39, 0.29) is 17.9 Å². The van der Waals surface area contributed by atoms with Gasteiger partial charge in [0, 0.05) is 25.6 Å². The van der Waals surface area contributed by atoms with Gasteiger partial charge in [-0.3, -0.25) is 9.69 Å². The zero-order valence-corrected chi connectivity index (χ0v) is 18.6. The molecule has 0 atom stereocenters. The number of likely N-dealkylation sites (tertiary alicyclic amines) is 1. The molecular formula is C26H33N3O2. The lowest BCUT2D eigenvalue weighted by atomic mass is 9.95. The van der Waals surface area contributed by atoms with Crippen LogP contribution in [0.5, 0.6) is 0 Å². The summed E-state index contributed by atoms with van der Waals surface area (Å²) in [7, 11) is 0. The van der Waals surface area contributed by atoms with E-state index in [2.05, 4.69) is 40.6 Å². The number of nitrogens with one attached hydrogen (secondary N) is 1. The second kappa shape index (κ2) is 11.6. The molecule has 1 aliphatic heterocycles. The maximum absolute atomic E-state index is 12.4. The van der Waals surface area contributed by atoms with Gasteiger partial charge in [-0.25, -0.2) is 0 Å². The first kappa shape index (κ1) is 23.0. The summed E-state index contributed by atoms with van der Waals surface area (Å²) in [6.45, 7) is 8.19. The molecule has 0 unspecified atom stereocenters. The van der Waals surface area contributed by atoms with Crippen molar-refractivity contribution >= 4 is 5.91 Å². The smallest absolute Gasteiger partial charge is 0.223 e. The number of rotatable bonds is 9. The van der Waals surface area contributed by atoms with Crippen LogP contribution in [0, 0.1) is 17.2 Å². The van der Waals surface area contributed by atoms with Gasteiger partial charge in [0.2, 0.25) is 5.91 Å². The number of nitriles is 1. The Labute approximate surface area is 186 Å². The minimum Gasteiger partial charge on any atom is -0.379 e. The Morgan fingerprint density at radius 3 is 2.55 bits per heavy atom. The molecule has 0 aliphatic carbocycles. The average molecular weight is 420 g/mol. The molecule has 0 saturated carbocycles. The van der Waals surface area contributed by atoms with Gasteiger partial charge in [0.15, 0.2) is 0 Å². The first-order valence-corrected chi connectivity index (χ1v) is 11.3. The van der Waals surface area contributed by atoms with Crippen LogP contribution in [-0.2, 0) is 16.1 Å². The Balaban J connectivity index is 1.43. The Bertz CT molecular complexity index is 878. The number of hydrogen-bond donors (Lipinski definition) is 1. The molecule has 1 heterocycles. The topological polar surface area (TPSA) is 65.4 Å². The average Bonchev–Trinajstić information content (AvgIpc) is 2.79. The van der Waals surface area contributed by atoms with Gasteiger partial charge in [-0.1, -0.05) is 42.5 Å². The van der Waals surface area contributed by atoms with Crippen LogP contribution >= 0.6 is 0 Å². The Hall–Kier alpha value is -2.68. The monoisotopic (exact) mass is 419 g/mol. The number of amides is 1. The minimum absolute atomic E-state index is 0.118. The van der Waals surface area contributed by atoms with Crippen molar-refractivity contribution in [1.29, 1.82) is 5.26 Å². The summed E-state index contributed by atoms with van der Waals surface area (Å²) in [5.74, 6) is 0.303. The summed E-state index contributed by atoms with van der Waals surface area (Å²) in [5, 5.41) is 12.4. The Kier molecular flexibility index (Phi) is 8.63. The molecule has 2 aromatic rings. The van der Waals surface area contributed by atoms with E-state index >= 15 is 0 Å². The molecule has 1 aliphatic rings. The zero-order chi connectivity index (χ0) is 22.1. The van der Waals surface area contributed by atoms with Crippen LogP contribution in [0.1, 0.15) is 44.2 Å². The highest BCUT2D eigenvalue weighted by Gasteiger charge is 2.24. The summed E-state index contributed by atoms with van der Waals surface area (Å²) in [6.07, 6.45) is 2.91. The lowest BCUT2D eigenvalue weighted by Crippen LogP contribution is -2.40. The van der Waals surface area contributed by atoms with Crippen LogP contribution in [0.3, 0.4) is 0 Å². The third-order valence-electron chi connectivity index (χ3n) is 5.75. The molecular weight excluding hydrogens is 386 g/mol. The van der Waals surface area contributed by atoms with Gasteiger partial charge in [-0.2, -0.15) is 5.26 Å². The van der Waals surface area contributed by atoms with E-state index in [9.17, 15) is 10.1 Å². The van der Waals surface area contributed by atoms with E-state index in [0.29, 0.717) is 18.7 Å². The van der Waals surface area contributed by atoms with Crippen molar-refractivity contribution in [3.05, 3.63) is 59.7 Å². The standard InChI is InChI=1S/C26H33N3O2/c1-20(2)31-17-5-14-28-26(30)23-12-15-29(16-13-23)19-21-8-10-22(11-9-21)25-7-4-3-6-24(25)18-27/h3-4,6-11,20,23H,5,12-17,19H2,1-2H3,(H,28,30). The van der Waals surface area contributed by atoms with Gasteiger partial charge < -0.3 is 10.1 Å². The van der Waals surface area contributed by atoms with Crippen molar-refractivity contribution in [2.45, 2.75) is 45.8 Å². The molecule has 5 heteroatoms. The molecule has 3 rings (SSSR count). The van der Waals surface area contributed by atoms with E-state index < -0.39 is 0 Å². The van der Waals surface area contributed by atoms with Crippen molar-refractivity contribution in [1.82, 2.24) is 10.2 Å². The fourth-order valence-corrected chi connectivity index (χ4v) is 3.98. The summed E-state index contributed by atoms with van der Waals surface area (Å²) in [5.41, 5.74) is 3.99. The van der Waals surface area contributed by atoms with Crippen molar-refractivity contribution in [3.8, 4) is 17.2 Å². The lowest BCUT2D eigenvalue weighted by Gasteiger charge is -2.31. The highest BCUT2D eigenvalue weighted by molar-refractivity contribution is 5.78. The van der Waals surface area contributed by atoms with Crippen molar-refractivity contribution in [2.24, 2.45) is 5.92 Å². The predicted octanol–water partition coefficient (Wildman–Crippen LogP) is 4.37. The SMILES string of the molecule is CC(C)OCCCNC(=O)C1CCN(Cc2ccc(-c3ccccc3C#N)cc2)CC1. The Morgan fingerprint density at radius 2 is 1.87 bits per heavy atom. The van der Waals surface area contributed by atoms with Crippen molar-refractivity contribution < 1.29 is 9.53 Å². The van der Waals surface area contributed by atoms with Crippen molar-refractivity contribution in [2.75, 3.05) is 26.2 Å². The minimum atomic E-state index is 0.118. The molecule has 0 aromatic heterocycles. The van der Waals surface area contributed by atoms with E-state index in [1.165, 1.54) is 5.56 Å². The molecule has 31 heavy (non-hydrogen) atoms. The second-order valence-corrected chi connectivity index (χ2v) is 8.47. The highest BCUT2D eigenvalue weighted by Crippen LogP contribution is 2.25. The number of piperidine rings is 1. The van der Waals surface area contributed by atoms with Crippen LogP contribution < -0.4 is 5.32 Å². The van der Waals surface area contributed by atoms with Crippen LogP contribution in [0.25, 0.3) is 11.1 Å². The normalized spacial score (nSPS) is 15.0. The quantitative estimate of drug-likeness (QED) is 0.613. The lowest BCUT2D eigenvalue weighted by molar-refractivity contribution is -0.126. The summed E-state index contributed by atoms with van der Waals surface area (Å²) in [4.78, 5) is 14.8. The van der Waals surface area contributed by atoms with Crippen LogP contribution in [0.2, 0.25) is 0 Å². The van der Waals surface area contributed by atoms with Gasteiger partial charge in [0.25, 0.3) is 0 Å². The van der Waals surface area contributed by atoms with E-state index in [0.717, 1.165) is 50.0 Å². The van der Waals surface area contributed by atoms with Gasteiger partial charge in [-0.15, -0.1) is 0 Å². The number of ether oxygens (including phenoxy) is 1. The molecule has 0 radical (unpaired) electrons. The largest absolute Gasteiger partial charge is 0.379 e. The highest BCUT2D eigenvalue weighted by atomic mass is 16.5. The summed E-state index contributed by atoms with van der Waals surface area (Å²) < 4.78 is 5.51. The van der Waals surface area contributed by atoms with Crippen molar-refractivity contribution in [3.63, 3.8) is 0 Å². The molecule has 1 amide bonds. The molecule has 2 aromatic carbocycles. The zero-order valence-electron chi connectivity index (χ0n) is 18.6. The maximum atomic E-state index is 12.4. The number of carbonyl (C=O) groups excluding carboxylic acids is 1. The number of benzene rings is 2. The Morgan fingerprint density at radius 1 is 1.16 bits per heavy atom. The van der Waals surface area contributed by atoms with Gasteiger partial charge >= 0.3 is 0 Å². The van der Waals surface area contributed by atoms with E-state index in [1.54, 1.807) is 0 Å². The molecule has 1 fully saturated rings. The van der Waals surface area contributed by atoms with Gasteiger partial charge in [0.1, 0.15) is 0 Å². The number of nitrogens with zero attached hydrogens (tertiary/aromatic N) is 2. The molecule has 0 spiro atoms. The van der Waals surface area contributed by atoms with E-state index in [1.807, 2.05) is 38.1 Å². The van der Waals surface area contributed by atoms with Gasteiger partial charge in [0.05, 0.1) is 17.7 Å².